The average molecular weight is 166 g/mol. The maximum atomic E-state index is 3.79. The molecule has 6 heteroatoms. The van der Waals surface area contributed by atoms with Crippen molar-refractivity contribution in [2.45, 2.75) is 0 Å². The summed E-state index contributed by atoms with van der Waals surface area (Å²) in [6, 6.07) is 0. The van der Waals surface area contributed by atoms with Crippen LogP contribution in [0.15, 0.2) is 27.5 Å². The zero-order chi connectivity index (χ0) is 8.49. The number of hydrazone groups is 1. The first kappa shape index (κ1) is 8.25. The van der Waals surface area contributed by atoms with Crippen molar-refractivity contribution in [1.82, 2.24) is 16.3 Å². The second-order valence-corrected chi connectivity index (χ2v) is 1.81. The van der Waals surface area contributed by atoms with Crippen molar-refractivity contribution in [1.29, 1.82) is 0 Å². The van der Waals surface area contributed by atoms with Crippen molar-refractivity contribution < 1.29 is 0 Å². The minimum atomic E-state index is 0.622. The third-order valence-corrected chi connectivity index (χ3v) is 0.966. The highest BCUT2D eigenvalue weighted by Crippen LogP contribution is 1.68. The number of hydrogen-bond acceptors (Lipinski definition) is 6. The highest BCUT2D eigenvalue weighted by Gasteiger charge is 1.74. The van der Waals surface area contributed by atoms with Gasteiger partial charge in [0.25, 0.3) is 0 Å². The second-order valence-electron chi connectivity index (χ2n) is 1.81. The summed E-state index contributed by atoms with van der Waals surface area (Å²) >= 11 is 0. The molecule has 64 valence electrons. The molecule has 0 aromatic carbocycles. The van der Waals surface area contributed by atoms with E-state index in [-0.39, 0.29) is 0 Å². The van der Waals surface area contributed by atoms with Gasteiger partial charge in [-0.2, -0.15) is 5.10 Å². The fourth-order valence-corrected chi connectivity index (χ4v) is 0.514. The summed E-state index contributed by atoms with van der Waals surface area (Å²) in [6.07, 6.45) is 8.22. The van der Waals surface area contributed by atoms with Crippen LogP contribution in [0.2, 0.25) is 0 Å². The van der Waals surface area contributed by atoms with Gasteiger partial charge in [0.05, 0.1) is 6.21 Å². The van der Waals surface area contributed by atoms with Gasteiger partial charge in [-0.3, -0.25) is 15.8 Å². The maximum Gasteiger partial charge on any atom is 0.123 e. The van der Waals surface area contributed by atoms with Crippen LogP contribution in [0.25, 0.3) is 0 Å². The van der Waals surface area contributed by atoms with E-state index in [1.807, 2.05) is 0 Å². The molecule has 0 radical (unpaired) electrons. The van der Waals surface area contributed by atoms with Gasteiger partial charge >= 0.3 is 0 Å². The Morgan fingerprint density at radius 3 is 2.33 bits per heavy atom. The molecule has 0 aromatic rings. The first-order valence-electron chi connectivity index (χ1n) is 3.42. The van der Waals surface area contributed by atoms with Crippen molar-refractivity contribution in [2.75, 3.05) is 6.67 Å². The third kappa shape index (κ3) is 4.04. The van der Waals surface area contributed by atoms with Gasteiger partial charge in [-0.05, 0) is 0 Å². The van der Waals surface area contributed by atoms with E-state index in [1.54, 1.807) is 31.2 Å². The quantitative estimate of drug-likeness (QED) is 0.441. The highest BCUT2D eigenvalue weighted by atomic mass is 15.4. The van der Waals surface area contributed by atoms with E-state index in [4.69, 9.17) is 0 Å². The second kappa shape index (κ2) is 5.90. The lowest BCUT2D eigenvalue weighted by molar-refractivity contribution is 0.762. The van der Waals surface area contributed by atoms with Crippen LogP contribution < -0.4 is 16.3 Å². The van der Waals surface area contributed by atoms with Gasteiger partial charge < -0.3 is 5.43 Å². The first-order chi connectivity index (χ1) is 6.00. The number of nitrogens with one attached hydrogen (secondary N) is 3. The topological polar surface area (TPSA) is 73.2 Å². The van der Waals surface area contributed by atoms with Crippen LogP contribution in [0, 0.1) is 0 Å². The van der Waals surface area contributed by atoms with E-state index in [0.717, 1.165) is 0 Å². The van der Waals surface area contributed by atoms with Crippen LogP contribution in [-0.4, -0.2) is 25.4 Å². The summed E-state index contributed by atoms with van der Waals surface area (Å²) in [5.74, 6) is 0. The Bertz CT molecular complexity index is 168. The molecule has 2 rings (SSSR count). The fourth-order valence-electron chi connectivity index (χ4n) is 0.514. The molecule has 0 fully saturated rings. The molecule has 3 N–H and O–H groups in total. The molecule has 0 saturated heterocycles. The largest absolute Gasteiger partial charge is 0.306 e. The molecule has 0 aromatic heterocycles. The Hall–Kier alpha value is -1.85. The van der Waals surface area contributed by atoms with Gasteiger partial charge in [-0.1, -0.05) is 0 Å². The summed E-state index contributed by atoms with van der Waals surface area (Å²) in [6.45, 7) is 0.622. The molecule has 6 nitrogen and oxygen atoms in total. The summed E-state index contributed by atoms with van der Waals surface area (Å²) in [4.78, 5) is 7.49. The van der Waals surface area contributed by atoms with Crippen LogP contribution in [-0.2, 0) is 0 Å². The average Bonchev–Trinajstić information content (AvgIpc) is 2.24. The molecule has 0 unspecified atom stereocenters. The maximum absolute atomic E-state index is 3.79. The van der Waals surface area contributed by atoms with Crippen molar-refractivity contribution in [3.63, 3.8) is 0 Å². The predicted molar refractivity (Wildman–Crippen MR) is 48.9 cm³/mol. The number of hydrogen-bond donors (Lipinski definition) is 3. The van der Waals surface area contributed by atoms with Gasteiger partial charge in [0.1, 0.15) is 13.0 Å². The fraction of sp³-hybridized carbons (Fsp3) is 0.167. The Kier molecular flexibility index (Phi) is 4.06. The Labute approximate surface area is 70.1 Å². The first-order valence-corrected chi connectivity index (χ1v) is 3.42. The van der Waals surface area contributed by atoms with E-state index < -0.39 is 0 Å². The molecular weight excluding hydrogens is 156 g/mol. The SMILES string of the molecule is C1=CNNC=N1.C1=NCNN=C1. The van der Waals surface area contributed by atoms with Crippen LogP contribution in [0.4, 0.5) is 0 Å². The molecule has 2 aliphatic rings. The molecule has 2 heterocycles. The van der Waals surface area contributed by atoms with Gasteiger partial charge in [-0.25, -0.2) is 4.99 Å². The lowest BCUT2D eigenvalue weighted by Crippen LogP contribution is -2.26. The van der Waals surface area contributed by atoms with Crippen molar-refractivity contribution in [3.05, 3.63) is 12.4 Å². The Morgan fingerprint density at radius 2 is 2.17 bits per heavy atom. The molecule has 0 amide bonds. The van der Waals surface area contributed by atoms with Crippen LogP contribution in [0.3, 0.4) is 0 Å². The number of nitrogens with zero attached hydrogens (tertiary/aromatic N) is 3. The molecule has 2 aliphatic heterocycles. The number of aliphatic imine (C=N–C) groups is 2. The summed E-state index contributed by atoms with van der Waals surface area (Å²) in [5, 5.41) is 3.65. The van der Waals surface area contributed by atoms with Gasteiger partial charge in [-0.15, -0.1) is 0 Å². The molecular formula is C6H10N6. The van der Waals surface area contributed by atoms with Crippen molar-refractivity contribution >= 4 is 18.8 Å². The zero-order valence-corrected chi connectivity index (χ0v) is 6.44. The third-order valence-electron chi connectivity index (χ3n) is 0.966. The van der Waals surface area contributed by atoms with E-state index in [9.17, 15) is 0 Å². The summed E-state index contributed by atoms with van der Waals surface area (Å²) in [7, 11) is 0. The smallest absolute Gasteiger partial charge is 0.123 e. The standard InChI is InChI=1S/2C3H5N3/c2*1-2-5-6-3-4-1/h1-2,6H,3H2;1-3,5H,(H,4,6). The predicted octanol–water partition coefficient (Wildman–Crippen LogP) is -0.803. The summed E-state index contributed by atoms with van der Waals surface area (Å²) in [5.41, 5.74) is 8.02. The highest BCUT2D eigenvalue weighted by molar-refractivity contribution is 6.16. The van der Waals surface area contributed by atoms with E-state index in [0.29, 0.717) is 6.67 Å². The van der Waals surface area contributed by atoms with Crippen LogP contribution >= 0.6 is 0 Å². The van der Waals surface area contributed by atoms with Crippen molar-refractivity contribution in [3.8, 4) is 0 Å². The Morgan fingerprint density at radius 1 is 1.17 bits per heavy atom. The Balaban J connectivity index is 0.000000120. The zero-order valence-electron chi connectivity index (χ0n) is 6.44. The number of hydrazine groups is 1. The molecule has 12 heavy (non-hydrogen) atoms. The van der Waals surface area contributed by atoms with E-state index >= 15 is 0 Å². The van der Waals surface area contributed by atoms with Crippen LogP contribution in [0.1, 0.15) is 0 Å². The van der Waals surface area contributed by atoms with E-state index in [1.165, 1.54) is 0 Å². The van der Waals surface area contributed by atoms with E-state index in [2.05, 4.69) is 31.4 Å². The lowest BCUT2D eigenvalue weighted by atomic mass is 10.8. The summed E-state index contributed by atoms with van der Waals surface area (Å²) < 4.78 is 0. The van der Waals surface area contributed by atoms with Gasteiger partial charge in [0, 0.05) is 18.6 Å². The molecule has 0 aliphatic carbocycles. The molecule has 0 saturated carbocycles. The monoisotopic (exact) mass is 166 g/mol. The molecule has 0 spiro atoms. The normalized spacial score (nSPS) is 16.7. The molecule has 0 atom stereocenters. The van der Waals surface area contributed by atoms with Crippen LogP contribution in [0.5, 0.6) is 0 Å². The minimum absolute atomic E-state index is 0.622. The van der Waals surface area contributed by atoms with Crippen molar-refractivity contribution in [2.24, 2.45) is 15.1 Å². The molecule has 0 bridgehead atoms. The van der Waals surface area contributed by atoms with Gasteiger partial charge in [0.15, 0.2) is 0 Å². The van der Waals surface area contributed by atoms with Gasteiger partial charge in [0.2, 0.25) is 0 Å². The number of rotatable bonds is 0. The minimum Gasteiger partial charge on any atom is -0.306 e. The lowest BCUT2D eigenvalue weighted by Gasteiger charge is -1.98.